The molecule has 0 spiro atoms. The van der Waals surface area contributed by atoms with Gasteiger partial charge >= 0.3 is 0 Å². The molecule has 0 saturated heterocycles. The largest absolute Gasteiger partial charge is 0.486 e. The summed E-state index contributed by atoms with van der Waals surface area (Å²) in [6.07, 6.45) is 2.46. The van der Waals surface area contributed by atoms with E-state index in [1.165, 1.54) is 6.33 Å². The first-order valence-corrected chi connectivity index (χ1v) is 10.3. The van der Waals surface area contributed by atoms with Crippen LogP contribution >= 0.6 is 0 Å². The van der Waals surface area contributed by atoms with Gasteiger partial charge in [-0.3, -0.25) is 4.79 Å². The predicted octanol–water partition coefficient (Wildman–Crippen LogP) is 2.96. The number of aryl methyl sites for hydroxylation is 2. The molecule has 30 heavy (non-hydrogen) atoms. The molecule has 0 unspecified atom stereocenters. The molecule has 0 saturated carbocycles. The second-order valence-electron chi connectivity index (χ2n) is 7.93. The van der Waals surface area contributed by atoms with Crippen LogP contribution in [-0.4, -0.2) is 38.7 Å². The van der Waals surface area contributed by atoms with Crippen LogP contribution in [-0.2, 0) is 11.2 Å². The molecule has 1 N–H and O–H groups in total. The Morgan fingerprint density at radius 2 is 1.97 bits per heavy atom. The minimum absolute atomic E-state index is 0.000997. The summed E-state index contributed by atoms with van der Waals surface area (Å²) in [7, 11) is 0. The molecule has 158 valence electrons. The third kappa shape index (κ3) is 3.94. The van der Waals surface area contributed by atoms with Crippen molar-refractivity contribution >= 4 is 11.7 Å². The number of nitrogens with zero attached hydrogens (tertiary/aromatic N) is 4. The number of hydrogen-bond donors (Lipinski definition) is 1. The molecule has 1 aliphatic heterocycles. The summed E-state index contributed by atoms with van der Waals surface area (Å²) in [5.41, 5.74) is 3.90. The lowest BCUT2D eigenvalue weighted by molar-refractivity contribution is -0.122. The number of fused-ring (bicyclic) bond motifs is 2. The summed E-state index contributed by atoms with van der Waals surface area (Å²) in [4.78, 5) is 21.4. The Balaban J connectivity index is 1.47. The Morgan fingerprint density at radius 3 is 2.73 bits per heavy atom. The predicted molar refractivity (Wildman–Crippen MR) is 112 cm³/mol. The second kappa shape index (κ2) is 8.30. The van der Waals surface area contributed by atoms with Crippen molar-refractivity contribution in [1.29, 1.82) is 0 Å². The van der Waals surface area contributed by atoms with Gasteiger partial charge in [-0.2, -0.15) is 10.1 Å². The average molecular weight is 409 g/mol. The third-order valence-electron chi connectivity index (χ3n) is 5.50. The van der Waals surface area contributed by atoms with Crippen molar-refractivity contribution in [3.63, 3.8) is 0 Å². The Hall–Kier alpha value is -3.16. The van der Waals surface area contributed by atoms with Gasteiger partial charge in [0.15, 0.2) is 11.5 Å². The molecule has 8 heteroatoms. The van der Waals surface area contributed by atoms with Crippen LogP contribution in [0.4, 0.5) is 0 Å². The monoisotopic (exact) mass is 409 g/mol. The van der Waals surface area contributed by atoms with E-state index in [1.54, 1.807) is 4.52 Å². The van der Waals surface area contributed by atoms with Crippen LogP contribution in [0.25, 0.3) is 5.78 Å². The van der Waals surface area contributed by atoms with E-state index in [2.05, 4.69) is 34.2 Å². The zero-order valence-corrected chi connectivity index (χ0v) is 17.8. The van der Waals surface area contributed by atoms with Gasteiger partial charge in [-0.15, -0.1) is 0 Å². The van der Waals surface area contributed by atoms with Gasteiger partial charge in [0.2, 0.25) is 5.91 Å². The SMILES string of the molecule is Cc1nc2ncnn2c(C)c1CCC(=O)N[C@H](c1ccc2c(c1)OCCO2)C(C)C. The zero-order valence-electron chi connectivity index (χ0n) is 17.8. The third-order valence-corrected chi connectivity index (χ3v) is 5.50. The molecule has 1 atom stereocenters. The number of ether oxygens (including phenoxy) is 2. The van der Waals surface area contributed by atoms with Gasteiger partial charge in [-0.1, -0.05) is 19.9 Å². The normalized spacial score (nSPS) is 14.2. The van der Waals surface area contributed by atoms with Crippen LogP contribution in [0.2, 0.25) is 0 Å². The van der Waals surface area contributed by atoms with Crippen LogP contribution in [0.3, 0.4) is 0 Å². The highest BCUT2D eigenvalue weighted by Crippen LogP contribution is 2.34. The van der Waals surface area contributed by atoms with Gasteiger partial charge in [0, 0.05) is 17.8 Å². The highest BCUT2D eigenvalue weighted by molar-refractivity contribution is 5.77. The summed E-state index contributed by atoms with van der Waals surface area (Å²) in [5.74, 6) is 2.30. The summed E-state index contributed by atoms with van der Waals surface area (Å²) >= 11 is 0. The summed E-state index contributed by atoms with van der Waals surface area (Å²) < 4.78 is 13.0. The number of benzene rings is 1. The Kier molecular flexibility index (Phi) is 5.57. The van der Waals surface area contributed by atoms with Crippen LogP contribution in [0.1, 0.15) is 48.8 Å². The molecule has 3 aromatic rings. The van der Waals surface area contributed by atoms with E-state index < -0.39 is 0 Å². The van der Waals surface area contributed by atoms with E-state index in [1.807, 2.05) is 32.0 Å². The van der Waals surface area contributed by atoms with Gasteiger partial charge < -0.3 is 14.8 Å². The quantitative estimate of drug-likeness (QED) is 0.673. The standard InChI is InChI=1S/C22H27N5O3/c1-13(2)21(16-5-7-18-19(11-16)30-10-9-29-18)26-20(28)8-6-17-14(3)25-22-23-12-24-27(22)15(17)4/h5,7,11-13,21H,6,8-10H2,1-4H3,(H,26,28)/t21-/m0/s1. The van der Waals surface area contributed by atoms with E-state index in [4.69, 9.17) is 9.47 Å². The number of hydrogen-bond acceptors (Lipinski definition) is 6. The Bertz CT molecular complexity index is 1080. The number of rotatable bonds is 6. The smallest absolute Gasteiger partial charge is 0.252 e. The first-order valence-electron chi connectivity index (χ1n) is 10.3. The zero-order chi connectivity index (χ0) is 21.3. The van der Waals surface area contributed by atoms with E-state index in [-0.39, 0.29) is 17.9 Å². The molecule has 8 nitrogen and oxygen atoms in total. The van der Waals surface area contributed by atoms with Crippen molar-refractivity contribution < 1.29 is 14.3 Å². The van der Waals surface area contributed by atoms with Gasteiger partial charge in [0.05, 0.1) is 6.04 Å². The molecule has 1 amide bonds. The molecular weight excluding hydrogens is 382 g/mol. The Morgan fingerprint density at radius 1 is 1.20 bits per heavy atom. The second-order valence-corrected chi connectivity index (χ2v) is 7.93. The number of aromatic nitrogens is 4. The maximum Gasteiger partial charge on any atom is 0.252 e. The van der Waals surface area contributed by atoms with E-state index in [9.17, 15) is 4.79 Å². The summed E-state index contributed by atoms with van der Waals surface area (Å²) in [6.45, 7) is 9.22. The summed E-state index contributed by atoms with van der Waals surface area (Å²) in [6, 6.07) is 5.77. The van der Waals surface area contributed by atoms with Crippen LogP contribution in [0.5, 0.6) is 11.5 Å². The highest BCUT2D eigenvalue weighted by atomic mass is 16.6. The van der Waals surface area contributed by atoms with Crippen molar-refractivity contribution in [1.82, 2.24) is 24.9 Å². The minimum atomic E-state index is -0.105. The lowest BCUT2D eigenvalue weighted by Crippen LogP contribution is -2.32. The van der Waals surface area contributed by atoms with Crippen molar-refractivity contribution in [3.8, 4) is 11.5 Å². The fourth-order valence-corrected chi connectivity index (χ4v) is 3.89. The van der Waals surface area contributed by atoms with E-state index >= 15 is 0 Å². The van der Waals surface area contributed by atoms with Crippen molar-refractivity contribution in [2.45, 2.75) is 46.6 Å². The van der Waals surface area contributed by atoms with Gasteiger partial charge in [-0.05, 0) is 49.4 Å². The molecule has 0 bridgehead atoms. The van der Waals surface area contributed by atoms with Crippen molar-refractivity contribution in [2.75, 3.05) is 13.2 Å². The molecule has 0 fully saturated rings. The van der Waals surface area contributed by atoms with Gasteiger partial charge in [0.25, 0.3) is 5.78 Å². The molecule has 1 aromatic carbocycles. The van der Waals surface area contributed by atoms with E-state index in [0.717, 1.165) is 34.0 Å². The van der Waals surface area contributed by atoms with Crippen LogP contribution in [0, 0.1) is 19.8 Å². The van der Waals surface area contributed by atoms with Gasteiger partial charge in [-0.25, -0.2) is 9.50 Å². The van der Waals surface area contributed by atoms with Gasteiger partial charge in [0.1, 0.15) is 19.5 Å². The summed E-state index contributed by atoms with van der Waals surface area (Å²) in [5, 5.41) is 7.40. The number of carbonyl (C=O) groups is 1. The molecule has 4 rings (SSSR count). The minimum Gasteiger partial charge on any atom is -0.486 e. The Labute approximate surface area is 175 Å². The van der Waals surface area contributed by atoms with E-state index in [0.29, 0.717) is 31.8 Å². The number of amides is 1. The molecule has 0 radical (unpaired) electrons. The van der Waals surface area contributed by atoms with Crippen LogP contribution in [0.15, 0.2) is 24.5 Å². The van der Waals surface area contributed by atoms with Crippen molar-refractivity contribution in [2.24, 2.45) is 5.92 Å². The maximum atomic E-state index is 12.8. The molecule has 1 aliphatic rings. The first kappa shape index (κ1) is 20.1. The lowest BCUT2D eigenvalue weighted by Gasteiger charge is -2.25. The molecular formula is C22H27N5O3. The fraction of sp³-hybridized carbons (Fsp3) is 0.455. The average Bonchev–Trinajstić information content (AvgIpc) is 3.20. The fourth-order valence-electron chi connectivity index (χ4n) is 3.89. The number of nitrogens with one attached hydrogen (secondary N) is 1. The maximum absolute atomic E-state index is 12.8. The lowest BCUT2D eigenvalue weighted by atomic mass is 9.95. The molecule has 3 heterocycles. The number of carbonyl (C=O) groups excluding carboxylic acids is 1. The molecule has 2 aromatic heterocycles. The first-order chi connectivity index (χ1) is 14.4. The van der Waals surface area contributed by atoms with Crippen LogP contribution < -0.4 is 14.8 Å². The highest BCUT2D eigenvalue weighted by Gasteiger charge is 2.22. The molecule has 0 aliphatic carbocycles. The van der Waals surface area contributed by atoms with Crippen molar-refractivity contribution in [3.05, 3.63) is 47.0 Å². The topological polar surface area (TPSA) is 90.6 Å².